The number of thioether (sulfide) groups is 1. The van der Waals surface area contributed by atoms with E-state index >= 15 is 0 Å². The van der Waals surface area contributed by atoms with E-state index in [4.69, 9.17) is 21.3 Å². The van der Waals surface area contributed by atoms with Crippen LogP contribution in [0.15, 0.2) is 78.1 Å². The normalized spacial score (nSPS) is 10.9. The van der Waals surface area contributed by atoms with E-state index in [0.717, 1.165) is 39.0 Å². The minimum absolute atomic E-state index is 0.0327. The lowest BCUT2D eigenvalue weighted by atomic mass is 10.1. The molecule has 0 unspecified atom stereocenters. The van der Waals surface area contributed by atoms with Crippen molar-refractivity contribution in [3.8, 4) is 22.7 Å². The van der Waals surface area contributed by atoms with Crippen molar-refractivity contribution in [2.45, 2.75) is 24.8 Å². The number of carbonyl (C=O) groups is 1. The molecule has 0 amide bonds. The van der Waals surface area contributed by atoms with Gasteiger partial charge in [-0.25, -0.2) is 4.98 Å². The number of ether oxygens (including phenoxy) is 1. The van der Waals surface area contributed by atoms with Crippen LogP contribution in [0.2, 0.25) is 5.02 Å². The number of hydrogen-bond acceptors (Lipinski definition) is 4. The number of ketones is 1. The highest BCUT2D eigenvalue weighted by Gasteiger charge is 2.17. The first-order chi connectivity index (χ1) is 15.5. The molecule has 0 saturated carbocycles. The Kier molecular flexibility index (Phi) is 6.68. The van der Waals surface area contributed by atoms with E-state index in [1.54, 1.807) is 31.9 Å². The van der Waals surface area contributed by atoms with Gasteiger partial charge in [0.2, 0.25) is 0 Å². The topological polar surface area (TPSA) is 44.1 Å². The zero-order chi connectivity index (χ0) is 22.7. The zero-order valence-corrected chi connectivity index (χ0v) is 19.7. The molecule has 162 valence electrons. The van der Waals surface area contributed by atoms with E-state index in [1.807, 2.05) is 54.7 Å². The number of nitrogens with zero attached hydrogens (tertiary/aromatic N) is 2. The molecule has 0 fully saturated rings. The van der Waals surface area contributed by atoms with Crippen molar-refractivity contribution in [1.29, 1.82) is 0 Å². The van der Waals surface area contributed by atoms with Gasteiger partial charge in [-0.15, -0.1) is 0 Å². The number of imidazole rings is 1. The molecule has 0 saturated heterocycles. The first kappa shape index (κ1) is 22.2. The summed E-state index contributed by atoms with van der Waals surface area (Å²) in [5.41, 5.74) is 5.87. The minimum Gasteiger partial charge on any atom is -0.496 e. The number of para-hydroxylation sites is 1. The molecule has 4 nitrogen and oxygen atoms in total. The molecule has 4 rings (SSSR count). The fraction of sp³-hybridized carbons (Fsp3) is 0.154. The smallest absolute Gasteiger partial charge is 0.173 e. The van der Waals surface area contributed by atoms with Crippen molar-refractivity contribution in [3.05, 3.63) is 94.6 Å². The van der Waals surface area contributed by atoms with Gasteiger partial charge in [0, 0.05) is 27.5 Å². The summed E-state index contributed by atoms with van der Waals surface area (Å²) in [6, 6.07) is 21.6. The van der Waals surface area contributed by atoms with Gasteiger partial charge in [0.25, 0.3) is 0 Å². The third-order valence-corrected chi connectivity index (χ3v) is 6.52. The van der Waals surface area contributed by atoms with Gasteiger partial charge in [-0.3, -0.25) is 9.36 Å². The van der Waals surface area contributed by atoms with Crippen LogP contribution >= 0.6 is 23.4 Å². The van der Waals surface area contributed by atoms with Crippen LogP contribution in [-0.4, -0.2) is 22.4 Å². The first-order valence-electron chi connectivity index (χ1n) is 10.2. The van der Waals surface area contributed by atoms with Crippen LogP contribution in [0, 0.1) is 6.92 Å². The van der Waals surface area contributed by atoms with Crippen LogP contribution in [0.4, 0.5) is 0 Å². The summed E-state index contributed by atoms with van der Waals surface area (Å²) in [6.45, 7) is 3.66. The van der Waals surface area contributed by atoms with Crippen molar-refractivity contribution in [2.75, 3.05) is 7.11 Å². The molecule has 6 heteroatoms. The van der Waals surface area contributed by atoms with Crippen LogP contribution in [0.25, 0.3) is 16.9 Å². The highest BCUT2D eigenvalue weighted by atomic mass is 35.5. The van der Waals surface area contributed by atoms with Crippen molar-refractivity contribution >= 4 is 29.1 Å². The van der Waals surface area contributed by atoms with Gasteiger partial charge < -0.3 is 4.74 Å². The molecular formula is C26H23ClN2O2S. The monoisotopic (exact) mass is 462 g/mol. The molecular weight excluding hydrogens is 440 g/mol. The Hall–Kier alpha value is -3.02. The van der Waals surface area contributed by atoms with Crippen LogP contribution < -0.4 is 4.74 Å². The third kappa shape index (κ3) is 4.59. The number of aromatic nitrogens is 2. The van der Waals surface area contributed by atoms with Crippen molar-refractivity contribution in [3.63, 3.8) is 0 Å². The van der Waals surface area contributed by atoms with Gasteiger partial charge in [0.15, 0.2) is 10.9 Å². The molecule has 1 heterocycles. The molecule has 4 aromatic rings. The zero-order valence-electron chi connectivity index (χ0n) is 18.1. The molecule has 0 aliphatic rings. The van der Waals surface area contributed by atoms with E-state index in [-0.39, 0.29) is 5.78 Å². The molecule has 0 aliphatic carbocycles. The molecule has 0 atom stereocenters. The van der Waals surface area contributed by atoms with Gasteiger partial charge >= 0.3 is 0 Å². The summed E-state index contributed by atoms with van der Waals surface area (Å²) in [5.74, 6) is 1.41. The second-order valence-electron chi connectivity index (χ2n) is 7.43. The van der Waals surface area contributed by atoms with Gasteiger partial charge in [-0.05, 0) is 55.8 Å². The minimum atomic E-state index is 0.0327. The third-order valence-electron chi connectivity index (χ3n) is 5.27. The summed E-state index contributed by atoms with van der Waals surface area (Å²) in [4.78, 5) is 16.6. The predicted molar refractivity (Wildman–Crippen MR) is 131 cm³/mol. The fourth-order valence-corrected chi connectivity index (χ4v) is 4.65. The van der Waals surface area contributed by atoms with Gasteiger partial charge in [0.1, 0.15) is 5.75 Å². The molecule has 0 N–H and O–H groups in total. The highest BCUT2D eigenvalue weighted by molar-refractivity contribution is 7.98. The summed E-state index contributed by atoms with van der Waals surface area (Å²) >= 11 is 7.71. The van der Waals surface area contributed by atoms with Gasteiger partial charge in [-0.1, -0.05) is 53.7 Å². The van der Waals surface area contributed by atoms with Crippen LogP contribution in [0.1, 0.15) is 28.4 Å². The second-order valence-corrected chi connectivity index (χ2v) is 8.81. The maximum Gasteiger partial charge on any atom is 0.173 e. The van der Waals surface area contributed by atoms with Crippen LogP contribution in [0.5, 0.6) is 5.75 Å². The van der Waals surface area contributed by atoms with Crippen LogP contribution in [0.3, 0.4) is 0 Å². The molecule has 0 bridgehead atoms. The highest BCUT2D eigenvalue weighted by Crippen LogP contribution is 2.34. The Labute approximate surface area is 197 Å². The van der Waals surface area contributed by atoms with Gasteiger partial charge in [-0.2, -0.15) is 0 Å². The summed E-state index contributed by atoms with van der Waals surface area (Å²) in [6.07, 6.45) is 1.89. The van der Waals surface area contributed by atoms with E-state index < -0.39 is 0 Å². The number of rotatable bonds is 7. The summed E-state index contributed by atoms with van der Waals surface area (Å²) < 4.78 is 7.70. The lowest BCUT2D eigenvalue weighted by Crippen LogP contribution is -2.02. The first-order valence-corrected chi connectivity index (χ1v) is 11.5. The Morgan fingerprint density at radius 2 is 1.84 bits per heavy atom. The standard InChI is InChI=1S/C26H23ClN2O2S/c1-17-6-4-5-7-23(17)29-24(19-8-11-22(27)12-9-19)15-28-26(29)32-16-21-14-20(18(2)30)10-13-25(21)31-3/h4-15H,16H2,1-3H3. The second kappa shape index (κ2) is 9.63. The summed E-state index contributed by atoms with van der Waals surface area (Å²) in [7, 11) is 1.64. The molecule has 0 radical (unpaired) electrons. The Morgan fingerprint density at radius 1 is 1.09 bits per heavy atom. The summed E-state index contributed by atoms with van der Waals surface area (Å²) in [5, 5.41) is 1.56. The SMILES string of the molecule is COc1ccc(C(C)=O)cc1CSc1ncc(-c2ccc(Cl)cc2)n1-c1ccccc1C. The van der Waals surface area contributed by atoms with E-state index in [0.29, 0.717) is 16.3 Å². The number of Topliss-reactive ketones (excluding diaryl/α,β-unsaturated/α-hetero) is 1. The van der Waals surface area contributed by atoms with Crippen LogP contribution in [-0.2, 0) is 5.75 Å². The average molecular weight is 463 g/mol. The molecule has 0 aliphatic heterocycles. The number of halogens is 1. The predicted octanol–water partition coefficient (Wildman–Crippen LogP) is 7.00. The lowest BCUT2D eigenvalue weighted by Gasteiger charge is -2.15. The number of benzene rings is 3. The Morgan fingerprint density at radius 3 is 2.53 bits per heavy atom. The number of aryl methyl sites for hydroxylation is 1. The molecule has 3 aromatic carbocycles. The molecule has 0 spiro atoms. The van der Waals surface area contributed by atoms with Crippen molar-refractivity contribution < 1.29 is 9.53 Å². The molecule has 32 heavy (non-hydrogen) atoms. The molecule has 1 aromatic heterocycles. The van der Waals surface area contributed by atoms with Gasteiger partial charge in [0.05, 0.1) is 24.7 Å². The van der Waals surface area contributed by atoms with Crippen molar-refractivity contribution in [1.82, 2.24) is 9.55 Å². The quantitative estimate of drug-likeness (QED) is 0.219. The Bertz CT molecular complexity index is 1270. The van der Waals surface area contributed by atoms with E-state index in [9.17, 15) is 4.79 Å². The Balaban J connectivity index is 1.75. The van der Waals surface area contributed by atoms with E-state index in [2.05, 4.69) is 23.6 Å². The number of methoxy groups -OCH3 is 1. The maximum atomic E-state index is 11.9. The number of hydrogen-bond donors (Lipinski definition) is 0. The number of carbonyl (C=O) groups excluding carboxylic acids is 1. The largest absolute Gasteiger partial charge is 0.496 e. The van der Waals surface area contributed by atoms with Crippen molar-refractivity contribution in [2.24, 2.45) is 0 Å². The average Bonchev–Trinajstić information content (AvgIpc) is 3.21. The van der Waals surface area contributed by atoms with E-state index in [1.165, 1.54) is 0 Å². The maximum absolute atomic E-state index is 11.9. The fourth-order valence-electron chi connectivity index (χ4n) is 3.56. The lowest BCUT2D eigenvalue weighted by molar-refractivity contribution is 0.101.